The van der Waals surface area contributed by atoms with Crippen molar-refractivity contribution in [2.45, 2.75) is 65.5 Å². The average Bonchev–Trinajstić information content (AvgIpc) is 2.44. The average molecular weight is 225 g/mol. The maximum absolute atomic E-state index is 10.4. The van der Waals surface area contributed by atoms with E-state index in [0.717, 1.165) is 0 Å². The smallest absolute Gasteiger partial charge is 0.0746 e. The largest absolute Gasteiger partial charge is 0.391 e. The number of likely N-dealkylation sites (tertiary alicyclic amines) is 1. The van der Waals surface area contributed by atoms with Crippen LogP contribution in [-0.2, 0) is 0 Å². The first kappa shape index (κ1) is 12.4. The lowest BCUT2D eigenvalue weighted by Crippen LogP contribution is -2.48. The summed E-state index contributed by atoms with van der Waals surface area (Å²) < 4.78 is 0. The Labute approximate surface area is 100 Å². The highest BCUT2D eigenvalue weighted by molar-refractivity contribution is 4.97. The second-order valence-corrected chi connectivity index (χ2v) is 7.24. The maximum atomic E-state index is 10.4. The lowest BCUT2D eigenvalue weighted by Gasteiger charge is -2.41. The Balaban J connectivity index is 1.96. The molecule has 2 fully saturated rings. The molecule has 0 aromatic heterocycles. The van der Waals surface area contributed by atoms with E-state index in [2.05, 4.69) is 32.6 Å². The fourth-order valence-corrected chi connectivity index (χ4v) is 3.19. The van der Waals surface area contributed by atoms with E-state index < -0.39 is 0 Å². The van der Waals surface area contributed by atoms with E-state index in [1.165, 1.54) is 38.8 Å². The van der Waals surface area contributed by atoms with Crippen LogP contribution in [0.3, 0.4) is 0 Å². The number of piperidine rings is 1. The first-order valence-electron chi connectivity index (χ1n) is 6.74. The molecular weight excluding hydrogens is 198 g/mol. The zero-order chi connectivity index (χ0) is 12.0. The summed E-state index contributed by atoms with van der Waals surface area (Å²) in [7, 11) is 0. The normalized spacial score (nSPS) is 38.8. The molecule has 16 heavy (non-hydrogen) atoms. The van der Waals surface area contributed by atoms with Crippen LogP contribution in [-0.4, -0.2) is 35.2 Å². The van der Waals surface area contributed by atoms with Gasteiger partial charge < -0.3 is 5.11 Å². The SMILES string of the molecule is CC1(C)CCN(C2CCC(C)(C)C2O)CC1. The fourth-order valence-electron chi connectivity index (χ4n) is 3.19. The summed E-state index contributed by atoms with van der Waals surface area (Å²) in [5.74, 6) is 0. The molecule has 0 radical (unpaired) electrons. The van der Waals surface area contributed by atoms with Crippen molar-refractivity contribution in [1.82, 2.24) is 4.90 Å². The quantitative estimate of drug-likeness (QED) is 0.741. The molecule has 2 nitrogen and oxygen atoms in total. The molecule has 2 unspecified atom stereocenters. The number of aliphatic hydroxyl groups is 1. The molecule has 0 amide bonds. The molecule has 1 saturated carbocycles. The summed E-state index contributed by atoms with van der Waals surface area (Å²) in [4.78, 5) is 2.53. The molecule has 2 rings (SSSR count). The van der Waals surface area contributed by atoms with Crippen molar-refractivity contribution in [2.24, 2.45) is 10.8 Å². The third-order valence-corrected chi connectivity index (χ3v) is 4.87. The molecule has 94 valence electrons. The van der Waals surface area contributed by atoms with Gasteiger partial charge in [-0.15, -0.1) is 0 Å². The van der Waals surface area contributed by atoms with Gasteiger partial charge in [0.05, 0.1) is 6.10 Å². The number of nitrogens with zero attached hydrogens (tertiary/aromatic N) is 1. The Hall–Kier alpha value is -0.0800. The van der Waals surface area contributed by atoms with E-state index in [-0.39, 0.29) is 11.5 Å². The highest BCUT2D eigenvalue weighted by atomic mass is 16.3. The van der Waals surface area contributed by atoms with Crippen LogP contribution < -0.4 is 0 Å². The summed E-state index contributed by atoms with van der Waals surface area (Å²) in [5, 5.41) is 10.4. The minimum Gasteiger partial charge on any atom is -0.391 e. The number of hydrogen-bond acceptors (Lipinski definition) is 2. The highest BCUT2D eigenvalue weighted by Gasteiger charge is 2.44. The molecule has 1 heterocycles. The predicted octanol–water partition coefficient (Wildman–Crippen LogP) is 2.66. The van der Waals surface area contributed by atoms with Crippen LogP contribution in [0.5, 0.6) is 0 Å². The molecule has 1 saturated heterocycles. The topological polar surface area (TPSA) is 23.5 Å². The van der Waals surface area contributed by atoms with Crippen LogP contribution >= 0.6 is 0 Å². The van der Waals surface area contributed by atoms with Gasteiger partial charge in [-0.1, -0.05) is 27.7 Å². The summed E-state index contributed by atoms with van der Waals surface area (Å²) >= 11 is 0. The monoisotopic (exact) mass is 225 g/mol. The first-order valence-corrected chi connectivity index (χ1v) is 6.74. The van der Waals surface area contributed by atoms with Crippen LogP contribution in [0.1, 0.15) is 53.4 Å². The minimum atomic E-state index is -0.131. The molecule has 2 heteroatoms. The Morgan fingerprint density at radius 3 is 2.00 bits per heavy atom. The first-order chi connectivity index (χ1) is 7.32. The van der Waals surface area contributed by atoms with Gasteiger partial charge in [0.15, 0.2) is 0 Å². The summed E-state index contributed by atoms with van der Waals surface area (Å²) in [6.07, 6.45) is 4.76. The molecule has 0 spiro atoms. The lowest BCUT2D eigenvalue weighted by molar-refractivity contribution is -0.00515. The Morgan fingerprint density at radius 2 is 1.56 bits per heavy atom. The van der Waals surface area contributed by atoms with Crippen LogP contribution in [0, 0.1) is 10.8 Å². The summed E-state index contributed by atoms with van der Waals surface area (Å²) in [6.45, 7) is 11.5. The van der Waals surface area contributed by atoms with Gasteiger partial charge in [0.25, 0.3) is 0 Å². The van der Waals surface area contributed by atoms with Crippen molar-refractivity contribution >= 4 is 0 Å². The van der Waals surface area contributed by atoms with E-state index in [4.69, 9.17) is 0 Å². The lowest BCUT2D eigenvalue weighted by atomic mass is 9.81. The zero-order valence-corrected chi connectivity index (χ0v) is 11.3. The van der Waals surface area contributed by atoms with Crippen LogP contribution in [0.15, 0.2) is 0 Å². The molecule has 2 atom stereocenters. The summed E-state index contributed by atoms with van der Waals surface area (Å²) in [6, 6.07) is 0.422. The van der Waals surface area contributed by atoms with E-state index in [1.807, 2.05) is 0 Å². The molecule has 1 aliphatic carbocycles. The standard InChI is InChI=1S/C14H27NO/c1-13(2)7-9-15(10-8-13)11-5-6-14(3,4)12(11)16/h11-12,16H,5-10H2,1-4H3. The highest BCUT2D eigenvalue weighted by Crippen LogP contribution is 2.41. The fraction of sp³-hybridized carbons (Fsp3) is 1.00. The van der Waals surface area contributed by atoms with Crippen molar-refractivity contribution in [1.29, 1.82) is 0 Å². The van der Waals surface area contributed by atoms with Gasteiger partial charge in [-0.25, -0.2) is 0 Å². The van der Waals surface area contributed by atoms with Crippen molar-refractivity contribution < 1.29 is 5.11 Å². The van der Waals surface area contributed by atoms with Gasteiger partial charge in [0, 0.05) is 6.04 Å². The number of hydrogen-bond donors (Lipinski definition) is 1. The van der Waals surface area contributed by atoms with E-state index in [1.54, 1.807) is 0 Å². The van der Waals surface area contributed by atoms with Gasteiger partial charge in [0.2, 0.25) is 0 Å². The molecule has 2 aliphatic rings. The van der Waals surface area contributed by atoms with Gasteiger partial charge in [-0.2, -0.15) is 0 Å². The third kappa shape index (κ3) is 2.28. The maximum Gasteiger partial charge on any atom is 0.0746 e. The van der Waals surface area contributed by atoms with Gasteiger partial charge in [-0.05, 0) is 49.6 Å². The van der Waals surface area contributed by atoms with E-state index in [0.29, 0.717) is 11.5 Å². The minimum absolute atomic E-state index is 0.123. The van der Waals surface area contributed by atoms with Crippen molar-refractivity contribution in [2.75, 3.05) is 13.1 Å². The molecule has 0 aromatic carbocycles. The van der Waals surface area contributed by atoms with Gasteiger partial charge in [0.1, 0.15) is 0 Å². The molecule has 0 bridgehead atoms. The number of rotatable bonds is 1. The number of aliphatic hydroxyl groups excluding tert-OH is 1. The summed E-state index contributed by atoms with van der Waals surface area (Å²) in [5.41, 5.74) is 0.632. The van der Waals surface area contributed by atoms with Crippen LogP contribution in [0.25, 0.3) is 0 Å². The zero-order valence-electron chi connectivity index (χ0n) is 11.3. The molecule has 1 aliphatic heterocycles. The second kappa shape index (κ2) is 3.99. The Bertz CT molecular complexity index is 249. The predicted molar refractivity (Wildman–Crippen MR) is 67.4 cm³/mol. The van der Waals surface area contributed by atoms with Crippen molar-refractivity contribution in [3.8, 4) is 0 Å². The van der Waals surface area contributed by atoms with Crippen LogP contribution in [0.4, 0.5) is 0 Å². The van der Waals surface area contributed by atoms with Crippen LogP contribution in [0.2, 0.25) is 0 Å². The van der Waals surface area contributed by atoms with Gasteiger partial charge in [-0.3, -0.25) is 4.90 Å². The molecular formula is C14H27NO. The Kier molecular flexibility index (Phi) is 3.09. The van der Waals surface area contributed by atoms with Crippen molar-refractivity contribution in [3.63, 3.8) is 0 Å². The van der Waals surface area contributed by atoms with E-state index >= 15 is 0 Å². The molecule has 0 aromatic rings. The van der Waals surface area contributed by atoms with Gasteiger partial charge >= 0.3 is 0 Å². The Morgan fingerprint density at radius 1 is 1.00 bits per heavy atom. The third-order valence-electron chi connectivity index (χ3n) is 4.87. The molecule has 1 N–H and O–H groups in total. The van der Waals surface area contributed by atoms with E-state index in [9.17, 15) is 5.11 Å². The second-order valence-electron chi connectivity index (χ2n) is 7.24. The van der Waals surface area contributed by atoms with Crippen molar-refractivity contribution in [3.05, 3.63) is 0 Å².